The Morgan fingerprint density at radius 3 is 1.77 bits per heavy atom. The number of benzene rings is 3. The third kappa shape index (κ3) is 10.1. The number of hydrogen-bond donors (Lipinski definition) is 6. The van der Waals surface area contributed by atoms with Gasteiger partial charge >= 0.3 is 6.03 Å². The number of carbonyl (C=O) groups excluding carboxylic acids is 1. The van der Waals surface area contributed by atoms with E-state index in [-0.39, 0.29) is 11.8 Å². The SMILES string of the molecule is O=C(NCCOCCOCCNc1nc(Nc2ccccc2)nc(Nc2ccc(O)cc2)n1)Nc1ccccc1. The van der Waals surface area contributed by atoms with E-state index in [2.05, 4.69) is 41.5 Å². The van der Waals surface area contributed by atoms with E-state index in [0.29, 0.717) is 57.4 Å². The van der Waals surface area contributed by atoms with Crippen molar-refractivity contribution in [1.29, 1.82) is 0 Å². The van der Waals surface area contributed by atoms with Gasteiger partial charge < -0.3 is 41.2 Å². The Labute approximate surface area is 232 Å². The zero-order valence-corrected chi connectivity index (χ0v) is 21.8. The number of amides is 2. The fourth-order valence-corrected chi connectivity index (χ4v) is 3.38. The van der Waals surface area contributed by atoms with Crippen LogP contribution in [0.4, 0.5) is 39.7 Å². The van der Waals surface area contributed by atoms with Crippen molar-refractivity contribution in [3.63, 3.8) is 0 Å². The van der Waals surface area contributed by atoms with Crippen molar-refractivity contribution in [2.75, 3.05) is 60.8 Å². The van der Waals surface area contributed by atoms with Crippen molar-refractivity contribution in [2.45, 2.75) is 0 Å². The van der Waals surface area contributed by atoms with Gasteiger partial charge in [0.05, 0.1) is 26.4 Å². The zero-order chi connectivity index (χ0) is 27.8. The summed E-state index contributed by atoms with van der Waals surface area (Å²) in [5.74, 6) is 1.24. The van der Waals surface area contributed by atoms with Gasteiger partial charge in [-0.3, -0.25) is 0 Å². The Morgan fingerprint density at radius 1 is 0.625 bits per heavy atom. The van der Waals surface area contributed by atoms with Gasteiger partial charge in [0.2, 0.25) is 17.8 Å². The van der Waals surface area contributed by atoms with Gasteiger partial charge in [0.15, 0.2) is 0 Å². The van der Waals surface area contributed by atoms with Crippen LogP contribution in [0.15, 0.2) is 84.9 Å². The molecule has 0 aliphatic carbocycles. The second-order valence-corrected chi connectivity index (χ2v) is 8.37. The molecule has 0 aliphatic rings. The summed E-state index contributed by atoms with van der Waals surface area (Å²) in [5, 5.41) is 24.4. The second kappa shape index (κ2) is 15.5. The Kier molecular flexibility index (Phi) is 10.9. The first kappa shape index (κ1) is 28.1. The molecule has 0 radical (unpaired) electrons. The molecule has 0 bridgehead atoms. The van der Waals surface area contributed by atoms with Crippen LogP contribution in [-0.4, -0.2) is 65.6 Å². The lowest BCUT2D eigenvalue weighted by Gasteiger charge is -2.12. The molecule has 12 heteroatoms. The maximum absolute atomic E-state index is 11.8. The van der Waals surface area contributed by atoms with Gasteiger partial charge in [0.25, 0.3) is 0 Å². The van der Waals surface area contributed by atoms with Gasteiger partial charge in [0.1, 0.15) is 5.75 Å². The van der Waals surface area contributed by atoms with E-state index in [0.717, 1.165) is 17.1 Å². The van der Waals surface area contributed by atoms with Crippen LogP contribution < -0.4 is 26.6 Å². The van der Waals surface area contributed by atoms with Gasteiger partial charge in [-0.2, -0.15) is 15.0 Å². The molecule has 0 atom stereocenters. The first-order valence-corrected chi connectivity index (χ1v) is 12.8. The number of para-hydroxylation sites is 2. The highest BCUT2D eigenvalue weighted by Gasteiger charge is 2.08. The normalized spacial score (nSPS) is 10.5. The van der Waals surface area contributed by atoms with E-state index in [1.165, 1.54) is 0 Å². The summed E-state index contributed by atoms with van der Waals surface area (Å²) < 4.78 is 11.1. The molecule has 3 aromatic carbocycles. The number of aromatic nitrogens is 3. The Hall–Kier alpha value is -4.94. The molecule has 1 aromatic heterocycles. The lowest BCUT2D eigenvalue weighted by Crippen LogP contribution is -2.31. The Morgan fingerprint density at radius 2 is 1.15 bits per heavy atom. The number of ether oxygens (including phenoxy) is 2. The highest BCUT2D eigenvalue weighted by molar-refractivity contribution is 5.89. The van der Waals surface area contributed by atoms with Crippen molar-refractivity contribution in [3.05, 3.63) is 84.9 Å². The molecular formula is C28H32N8O4. The number of aromatic hydroxyl groups is 1. The monoisotopic (exact) mass is 544 g/mol. The number of rotatable bonds is 15. The van der Waals surface area contributed by atoms with Gasteiger partial charge in [-0.25, -0.2) is 4.79 Å². The van der Waals surface area contributed by atoms with Crippen LogP contribution in [-0.2, 0) is 9.47 Å². The van der Waals surface area contributed by atoms with Crippen LogP contribution in [0.25, 0.3) is 0 Å². The summed E-state index contributed by atoms with van der Waals surface area (Å²) in [5.41, 5.74) is 2.29. The summed E-state index contributed by atoms with van der Waals surface area (Å²) in [6.45, 7) is 2.45. The Bertz CT molecular complexity index is 1310. The first-order chi connectivity index (χ1) is 19.6. The predicted octanol–water partition coefficient (Wildman–Crippen LogP) is 4.33. The van der Waals surface area contributed by atoms with Crippen molar-refractivity contribution in [1.82, 2.24) is 20.3 Å². The lowest BCUT2D eigenvalue weighted by atomic mass is 10.3. The molecule has 4 rings (SSSR count). The van der Waals surface area contributed by atoms with Crippen molar-refractivity contribution in [3.8, 4) is 5.75 Å². The third-order valence-electron chi connectivity index (χ3n) is 5.25. The number of hydrogen-bond acceptors (Lipinski definition) is 10. The average Bonchev–Trinajstić information content (AvgIpc) is 2.96. The van der Waals surface area contributed by atoms with Crippen LogP contribution in [0.3, 0.4) is 0 Å². The van der Waals surface area contributed by atoms with E-state index in [1.807, 2.05) is 60.7 Å². The fourth-order valence-electron chi connectivity index (χ4n) is 3.38. The molecule has 0 aliphatic heterocycles. The smallest absolute Gasteiger partial charge is 0.319 e. The molecule has 0 fully saturated rings. The molecule has 0 spiro atoms. The number of urea groups is 1. The van der Waals surface area contributed by atoms with Gasteiger partial charge in [-0.15, -0.1) is 0 Å². The number of nitrogens with one attached hydrogen (secondary N) is 5. The Balaban J connectivity index is 1.16. The number of phenolic OH excluding ortho intramolecular Hbond substituents is 1. The summed E-state index contributed by atoms with van der Waals surface area (Å²) in [6, 6.07) is 25.1. The molecule has 0 saturated carbocycles. The average molecular weight is 545 g/mol. The maximum Gasteiger partial charge on any atom is 0.319 e. The molecule has 2 amide bonds. The molecule has 4 aromatic rings. The standard InChI is InChI=1S/C28H32N8O4/c37-24-13-11-23(12-14-24)32-27-35-25(34-26(36-27)31-21-7-3-1-4-8-21)29-15-17-39-19-20-40-18-16-30-28(38)33-22-9-5-2-6-10-22/h1-14,37H,15-20H2,(H2,30,33,38)(H3,29,31,32,34,35,36). The van der Waals surface area contributed by atoms with Crippen molar-refractivity contribution >= 4 is 40.9 Å². The van der Waals surface area contributed by atoms with Gasteiger partial charge in [0, 0.05) is 30.2 Å². The third-order valence-corrected chi connectivity index (χ3v) is 5.25. The topological polar surface area (TPSA) is 155 Å². The largest absolute Gasteiger partial charge is 0.508 e. The van der Waals surface area contributed by atoms with Crippen molar-refractivity contribution in [2.24, 2.45) is 0 Å². The van der Waals surface area contributed by atoms with Crippen LogP contribution >= 0.6 is 0 Å². The fraction of sp³-hybridized carbons (Fsp3) is 0.214. The van der Waals surface area contributed by atoms with Crippen LogP contribution in [0, 0.1) is 0 Å². The van der Waals surface area contributed by atoms with Crippen molar-refractivity contribution < 1.29 is 19.4 Å². The summed E-state index contributed by atoms with van der Waals surface area (Å²) in [6.07, 6.45) is 0. The molecule has 40 heavy (non-hydrogen) atoms. The quantitative estimate of drug-likeness (QED) is 0.0941. The van der Waals surface area contributed by atoms with Gasteiger partial charge in [-0.1, -0.05) is 36.4 Å². The first-order valence-electron chi connectivity index (χ1n) is 12.8. The van der Waals surface area contributed by atoms with Gasteiger partial charge in [-0.05, 0) is 48.5 Å². The van der Waals surface area contributed by atoms with Crippen LogP contribution in [0.2, 0.25) is 0 Å². The lowest BCUT2D eigenvalue weighted by molar-refractivity contribution is 0.0534. The van der Waals surface area contributed by atoms with E-state index in [4.69, 9.17) is 9.47 Å². The second-order valence-electron chi connectivity index (χ2n) is 8.37. The zero-order valence-electron chi connectivity index (χ0n) is 21.8. The number of phenols is 1. The summed E-state index contributed by atoms with van der Waals surface area (Å²) in [7, 11) is 0. The minimum Gasteiger partial charge on any atom is -0.508 e. The molecule has 0 saturated heterocycles. The highest BCUT2D eigenvalue weighted by Crippen LogP contribution is 2.20. The molecular weight excluding hydrogens is 512 g/mol. The maximum atomic E-state index is 11.8. The molecule has 12 nitrogen and oxygen atoms in total. The van der Waals surface area contributed by atoms with Crippen LogP contribution in [0.1, 0.15) is 0 Å². The molecule has 0 unspecified atom stereocenters. The van der Waals surface area contributed by atoms with E-state index >= 15 is 0 Å². The predicted molar refractivity (Wildman–Crippen MR) is 155 cm³/mol. The number of nitrogens with zero attached hydrogens (tertiary/aromatic N) is 3. The summed E-state index contributed by atoms with van der Waals surface area (Å²) in [4.78, 5) is 25.2. The molecule has 208 valence electrons. The molecule has 1 heterocycles. The number of carbonyl (C=O) groups is 1. The van der Waals surface area contributed by atoms with E-state index < -0.39 is 0 Å². The summed E-state index contributed by atoms with van der Waals surface area (Å²) >= 11 is 0. The van der Waals surface area contributed by atoms with Crippen LogP contribution in [0.5, 0.6) is 5.75 Å². The minimum absolute atomic E-state index is 0.170. The molecule has 6 N–H and O–H groups in total. The highest BCUT2D eigenvalue weighted by atomic mass is 16.5. The van der Waals surface area contributed by atoms with E-state index in [9.17, 15) is 9.90 Å². The minimum atomic E-state index is -0.279. The van der Waals surface area contributed by atoms with E-state index in [1.54, 1.807) is 24.3 Å². The number of anilines is 6.